The summed E-state index contributed by atoms with van der Waals surface area (Å²) in [5.41, 5.74) is 0.0474. The van der Waals surface area contributed by atoms with Crippen LogP contribution >= 0.6 is 0 Å². The van der Waals surface area contributed by atoms with Crippen molar-refractivity contribution in [2.24, 2.45) is 0 Å². The highest BCUT2D eigenvalue weighted by Gasteiger charge is 2.47. The van der Waals surface area contributed by atoms with Crippen LogP contribution in [0, 0.1) is 0 Å². The summed E-state index contributed by atoms with van der Waals surface area (Å²) in [4.78, 5) is 0. The summed E-state index contributed by atoms with van der Waals surface area (Å²) in [5.74, 6) is 0. The van der Waals surface area contributed by atoms with Crippen molar-refractivity contribution in [2.45, 2.75) is 110 Å². The van der Waals surface area contributed by atoms with Crippen molar-refractivity contribution in [3.05, 3.63) is 0 Å². The molecule has 3 N–H and O–H groups in total. The SMILES string of the molecule is CC(CO)[Si](C)(O[Si](C)(C)C)O[Si](C)(C)O[Si](C)(C)C.C[Si](C)(CCO)O[Si](C)(C)CCO. The third kappa shape index (κ3) is 18.9. The highest BCUT2D eigenvalue weighted by atomic mass is 28.5. The summed E-state index contributed by atoms with van der Waals surface area (Å²) >= 11 is 0. The van der Waals surface area contributed by atoms with Gasteiger partial charge in [-0.2, -0.15) is 0 Å². The quantitative estimate of drug-likeness (QED) is 0.243. The van der Waals surface area contributed by atoms with Gasteiger partial charge < -0.3 is 31.8 Å². The van der Waals surface area contributed by atoms with Gasteiger partial charge in [-0.25, -0.2) is 0 Å². The van der Waals surface area contributed by atoms with Crippen LogP contribution in [0.2, 0.25) is 103 Å². The number of aliphatic hydroxyl groups excluding tert-OH is 3. The first-order valence-electron chi connectivity index (χ1n) is 12.1. The van der Waals surface area contributed by atoms with Crippen LogP contribution in [-0.4, -0.2) is 85.5 Å². The van der Waals surface area contributed by atoms with Crippen LogP contribution in [0.1, 0.15) is 6.92 Å². The molecular weight excluding hydrogens is 521 g/mol. The molecule has 0 rings (SSSR count). The van der Waals surface area contributed by atoms with Crippen molar-refractivity contribution in [3.63, 3.8) is 0 Å². The summed E-state index contributed by atoms with van der Waals surface area (Å²) < 4.78 is 25.2. The Bertz CT molecular complexity index is 534. The summed E-state index contributed by atoms with van der Waals surface area (Å²) in [6, 6.07) is 1.57. The predicted octanol–water partition coefficient (Wildman–Crippen LogP) is 5.26. The lowest BCUT2D eigenvalue weighted by molar-refractivity contribution is 0.251. The lowest BCUT2D eigenvalue weighted by Crippen LogP contribution is -2.59. The maximum Gasteiger partial charge on any atom is 0.321 e. The smallest absolute Gasteiger partial charge is 0.321 e. The van der Waals surface area contributed by atoms with Crippen molar-refractivity contribution >= 4 is 50.4 Å². The normalized spacial score (nSPS) is 16.6. The van der Waals surface area contributed by atoms with E-state index < -0.39 is 50.4 Å². The molecule has 0 aliphatic rings. The molecule has 0 spiro atoms. The van der Waals surface area contributed by atoms with E-state index in [-0.39, 0.29) is 25.4 Å². The lowest BCUT2D eigenvalue weighted by atomic mass is 10.5. The molecule has 0 saturated heterocycles. The van der Waals surface area contributed by atoms with Gasteiger partial charge in [-0.1, -0.05) is 6.92 Å². The van der Waals surface area contributed by atoms with Gasteiger partial charge in [-0.05, 0) is 97.2 Å². The monoisotopic (exact) mass is 576 g/mol. The summed E-state index contributed by atoms with van der Waals surface area (Å²) in [6.07, 6.45) is 0. The van der Waals surface area contributed by atoms with Crippen molar-refractivity contribution < 1.29 is 31.8 Å². The maximum absolute atomic E-state index is 9.57. The average Bonchev–Trinajstić information content (AvgIpc) is 2.47. The fourth-order valence-electron chi connectivity index (χ4n) is 3.63. The first kappa shape index (κ1) is 36.2. The first-order valence-corrected chi connectivity index (χ1v) is 30.3. The zero-order chi connectivity index (χ0) is 26.9. The minimum Gasteiger partial charge on any atom is -0.455 e. The van der Waals surface area contributed by atoms with Crippen LogP contribution < -0.4 is 0 Å². The molecule has 0 aliphatic carbocycles. The van der Waals surface area contributed by atoms with Gasteiger partial charge in [0.1, 0.15) is 0 Å². The van der Waals surface area contributed by atoms with Crippen molar-refractivity contribution in [1.82, 2.24) is 0 Å². The Balaban J connectivity index is 0. The Kier molecular flexibility index (Phi) is 15.4. The topological polar surface area (TPSA) is 97.6 Å². The molecule has 0 amide bonds. The number of rotatable bonds is 14. The molecule has 0 aliphatic heterocycles. The Labute approximate surface area is 211 Å². The van der Waals surface area contributed by atoms with E-state index in [0.29, 0.717) is 0 Å². The highest BCUT2D eigenvalue weighted by molar-refractivity contribution is 6.90. The number of hydrogen-bond acceptors (Lipinski definition) is 7. The van der Waals surface area contributed by atoms with Gasteiger partial charge in [0.2, 0.25) is 0 Å². The maximum atomic E-state index is 9.57. The van der Waals surface area contributed by atoms with Crippen molar-refractivity contribution in [1.29, 1.82) is 0 Å². The molecule has 0 aromatic heterocycles. The van der Waals surface area contributed by atoms with Crippen LogP contribution in [0.4, 0.5) is 0 Å². The molecule has 2 atom stereocenters. The summed E-state index contributed by atoms with van der Waals surface area (Å²) in [5, 5.41) is 27.3. The minimum absolute atomic E-state index is 0.0474. The van der Waals surface area contributed by atoms with Crippen LogP contribution in [0.5, 0.6) is 0 Å². The van der Waals surface area contributed by atoms with Gasteiger partial charge in [0.05, 0.1) is 0 Å². The lowest BCUT2D eigenvalue weighted by Gasteiger charge is -2.43. The molecule has 0 heterocycles. The molecule has 2 unspecified atom stereocenters. The van der Waals surface area contributed by atoms with Gasteiger partial charge >= 0.3 is 17.1 Å². The molecule has 0 radical (unpaired) electrons. The van der Waals surface area contributed by atoms with Gasteiger partial charge in [-0.3, -0.25) is 0 Å². The molecule has 0 bridgehead atoms. The Morgan fingerprint density at radius 2 is 0.909 bits per heavy atom. The number of hydrogen-bond donors (Lipinski definition) is 3. The van der Waals surface area contributed by atoms with Crippen LogP contribution in [0.15, 0.2) is 0 Å². The largest absolute Gasteiger partial charge is 0.455 e. The van der Waals surface area contributed by atoms with Gasteiger partial charge in [0.15, 0.2) is 33.3 Å². The molecule has 0 aromatic carbocycles. The molecule has 0 saturated carbocycles. The molecule has 0 aromatic rings. The van der Waals surface area contributed by atoms with E-state index in [0.717, 1.165) is 12.1 Å². The van der Waals surface area contributed by atoms with E-state index >= 15 is 0 Å². The Hall–Kier alpha value is 1.02. The van der Waals surface area contributed by atoms with Crippen LogP contribution in [0.25, 0.3) is 0 Å². The molecule has 0 fully saturated rings. The Morgan fingerprint density at radius 3 is 1.18 bits per heavy atom. The van der Waals surface area contributed by atoms with Crippen LogP contribution in [-0.2, 0) is 16.5 Å². The van der Waals surface area contributed by atoms with E-state index in [4.69, 9.17) is 26.7 Å². The second kappa shape index (κ2) is 14.1. The van der Waals surface area contributed by atoms with E-state index in [2.05, 4.69) is 85.1 Å². The van der Waals surface area contributed by atoms with Gasteiger partial charge in [0, 0.05) is 25.4 Å². The van der Waals surface area contributed by atoms with Crippen molar-refractivity contribution in [2.75, 3.05) is 19.8 Å². The molecule has 33 heavy (non-hydrogen) atoms. The third-order valence-electron chi connectivity index (χ3n) is 4.66. The summed E-state index contributed by atoms with van der Waals surface area (Å²) in [6.45, 7) is 30.3. The summed E-state index contributed by atoms with van der Waals surface area (Å²) in [7, 11) is -11.4. The van der Waals surface area contributed by atoms with Crippen LogP contribution in [0.3, 0.4) is 0 Å². The standard InChI is InChI=1S/C12H34O4Si4.C8H22O3Si2/c1-12(11-13)20(10,15-18(5,6)7)16-19(8,9)14-17(2,3)4;1-12(2,7-5-9)11-13(3,4)8-6-10/h12-13H,11H2,1-10H3;9-10H,5-8H2,1-4H3. The molecule has 7 nitrogen and oxygen atoms in total. The zero-order valence-electron chi connectivity index (χ0n) is 24.1. The fraction of sp³-hybridized carbons (Fsp3) is 1.00. The molecule has 13 heteroatoms. The molecule has 202 valence electrons. The number of aliphatic hydroxyl groups is 3. The predicted molar refractivity (Wildman–Crippen MR) is 155 cm³/mol. The van der Waals surface area contributed by atoms with Crippen molar-refractivity contribution in [3.8, 4) is 0 Å². The van der Waals surface area contributed by atoms with E-state index in [9.17, 15) is 5.11 Å². The minimum atomic E-state index is -2.45. The van der Waals surface area contributed by atoms with Gasteiger partial charge in [-0.15, -0.1) is 0 Å². The highest BCUT2D eigenvalue weighted by Crippen LogP contribution is 2.31. The average molecular weight is 577 g/mol. The Morgan fingerprint density at radius 1 is 0.545 bits per heavy atom. The zero-order valence-corrected chi connectivity index (χ0v) is 30.1. The third-order valence-corrected chi connectivity index (χ3v) is 26.0. The molecular formula is C20H56O7Si6. The van der Waals surface area contributed by atoms with Gasteiger partial charge in [0.25, 0.3) is 0 Å². The van der Waals surface area contributed by atoms with E-state index in [1.807, 2.05) is 6.92 Å². The second-order valence-electron chi connectivity index (χ2n) is 12.6. The second-order valence-corrected chi connectivity index (χ2v) is 38.2. The van der Waals surface area contributed by atoms with E-state index in [1.54, 1.807) is 0 Å². The fourth-order valence-corrected chi connectivity index (χ4v) is 29.2. The first-order chi connectivity index (χ1) is 14.4. The van der Waals surface area contributed by atoms with E-state index in [1.165, 1.54) is 0 Å².